The molecule has 0 saturated heterocycles. The minimum absolute atomic E-state index is 0.0870. The molecule has 0 aliphatic rings. The van der Waals surface area contributed by atoms with Crippen molar-refractivity contribution in [2.45, 2.75) is 19.9 Å². The van der Waals surface area contributed by atoms with Crippen LogP contribution in [0.15, 0.2) is 4.42 Å². The van der Waals surface area contributed by atoms with Gasteiger partial charge in [0.1, 0.15) is 0 Å². The number of nitrogens with one attached hydrogen (secondary N) is 1. The maximum atomic E-state index is 8.89. The van der Waals surface area contributed by atoms with Gasteiger partial charge in [-0.2, -0.15) is 0 Å². The van der Waals surface area contributed by atoms with E-state index in [0.717, 1.165) is 13.0 Å². The van der Waals surface area contributed by atoms with Crippen molar-refractivity contribution in [3.8, 4) is 0 Å². The van der Waals surface area contributed by atoms with Crippen molar-refractivity contribution in [2.75, 3.05) is 31.6 Å². The second kappa shape index (κ2) is 6.36. The molecule has 2 N–H and O–H groups in total. The third-order valence-corrected chi connectivity index (χ3v) is 1.92. The summed E-state index contributed by atoms with van der Waals surface area (Å²) in [6, 6.07) is 0.483. The van der Waals surface area contributed by atoms with Crippen LogP contribution in [0.4, 0.5) is 6.01 Å². The highest BCUT2D eigenvalue weighted by molar-refractivity contribution is 5.23. The standard InChI is InChI=1S/C9H18N4O2/c1-3-4-13(5-6-14)9-12-11-8(15-9)7-10-2/h10,14H,3-7H2,1-2H3. The van der Waals surface area contributed by atoms with Gasteiger partial charge in [-0.15, -0.1) is 5.10 Å². The second-order valence-electron chi connectivity index (χ2n) is 3.22. The average Bonchev–Trinajstić information content (AvgIpc) is 2.67. The summed E-state index contributed by atoms with van der Waals surface area (Å²) in [7, 11) is 1.82. The molecule has 0 fully saturated rings. The van der Waals surface area contributed by atoms with Crippen LogP contribution in [0.2, 0.25) is 0 Å². The lowest BCUT2D eigenvalue weighted by Gasteiger charge is -2.17. The Kier molecular flexibility index (Phi) is 5.06. The van der Waals surface area contributed by atoms with E-state index in [4.69, 9.17) is 9.52 Å². The van der Waals surface area contributed by atoms with Crippen molar-refractivity contribution in [2.24, 2.45) is 0 Å². The smallest absolute Gasteiger partial charge is 0.318 e. The van der Waals surface area contributed by atoms with Crippen molar-refractivity contribution in [3.05, 3.63) is 5.89 Å². The Labute approximate surface area is 89.3 Å². The highest BCUT2D eigenvalue weighted by atomic mass is 16.4. The normalized spacial score (nSPS) is 10.6. The van der Waals surface area contributed by atoms with Gasteiger partial charge in [0.15, 0.2) is 0 Å². The maximum Gasteiger partial charge on any atom is 0.318 e. The summed E-state index contributed by atoms with van der Waals surface area (Å²) in [5, 5.41) is 19.6. The summed E-state index contributed by atoms with van der Waals surface area (Å²) in [5.41, 5.74) is 0. The Morgan fingerprint density at radius 3 is 2.80 bits per heavy atom. The Hall–Kier alpha value is -1.14. The number of anilines is 1. The SMILES string of the molecule is CCCN(CCO)c1nnc(CNC)o1. The Bertz CT molecular complexity index is 271. The predicted octanol–water partition coefficient (Wildman–Crippen LogP) is -0.00230. The van der Waals surface area contributed by atoms with Crippen LogP contribution in [0.3, 0.4) is 0 Å². The average molecular weight is 214 g/mol. The zero-order valence-corrected chi connectivity index (χ0v) is 9.23. The highest BCUT2D eigenvalue weighted by Gasteiger charge is 2.12. The molecule has 0 aliphatic heterocycles. The van der Waals surface area contributed by atoms with E-state index in [1.807, 2.05) is 11.9 Å². The molecule has 6 heteroatoms. The van der Waals surface area contributed by atoms with Gasteiger partial charge in [0.2, 0.25) is 5.89 Å². The van der Waals surface area contributed by atoms with E-state index in [1.165, 1.54) is 0 Å². The van der Waals surface area contributed by atoms with Crippen molar-refractivity contribution < 1.29 is 9.52 Å². The summed E-state index contributed by atoms with van der Waals surface area (Å²) in [5.74, 6) is 0.562. The Morgan fingerprint density at radius 2 is 2.20 bits per heavy atom. The molecule has 0 amide bonds. The highest BCUT2D eigenvalue weighted by Crippen LogP contribution is 2.11. The van der Waals surface area contributed by atoms with E-state index in [2.05, 4.69) is 22.4 Å². The quantitative estimate of drug-likeness (QED) is 0.665. The van der Waals surface area contributed by atoms with Gasteiger partial charge >= 0.3 is 6.01 Å². The van der Waals surface area contributed by atoms with Crippen LogP contribution in [0.5, 0.6) is 0 Å². The van der Waals surface area contributed by atoms with Crippen molar-refractivity contribution in [1.29, 1.82) is 0 Å². The lowest BCUT2D eigenvalue weighted by Crippen LogP contribution is -2.27. The fraction of sp³-hybridized carbons (Fsp3) is 0.778. The number of rotatable bonds is 7. The molecule has 0 saturated carbocycles. The number of aliphatic hydroxyl groups excluding tert-OH is 1. The fourth-order valence-corrected chi connectivity index (χ4v) is 1.29. The van der Waals surface area contributed by atoms with Gasteiger partial charge in [0.05, 0.1) is 13.2 Å². The van der Waals surface area contributed by atoms with Crippen LogP contribution < -0.4 is 10.2 Å². The van der Waals surface area contributed by atoms with E-state index in [-0.39, 0.29) is 6.61 Å². The Morgan fingerprint density at radius 1 is 1.40 bits per heavy atom. The summed E-state index contributed by atoms with van der Waals surface area (Å²) >= 11 is 0. The Balaban J connectivity index is 2.63. The maximum absolute atomic E-state index is 8.89. The van der Waals surface area contributed by atoms with E-state index >= 15 is 0 Å². The molecule has 6 nitrogen and oxygen atoms in total. The second-order valence-corrected chi connectivity index (χ2v) is 3.22. The van der Waals surface area contributed by atoms with Crippen molar-refractivity contribution >= 4 is 6.01 Å². The molecule has 0 atom stereocenters. The number of nitrogens with zero attached hydrogens (tertiary/aromatic N) is 3. The van der Waals surface area contributed by atoms with Gasteiger partial charge in [-0.1, -0.05) is 12.0 Å². The number of hydrogen-bond donors (Lipinski definition) is 2. The molecule has 0 radical (unpaired) electrons. The molecule has 1 rings (SSSR count). The van der Waals surface area contributed by atoms with Gasteiger partial charge in [0, 0.05) is 13.1 Å². The van der Waals surface area contributed by atoms with Crippen LogP contribution in [-0.2, 0) is 6.54 Å². The van der Waals surface area contributed by atoms with Crippen LogP contribution >= 0.6 is 0 Å². The fourth-order valence-electron chi connectivity index (χ4n) is 1.29. The first-order chi connectivity index (χ1) is 7.31. The molecule has 0 bridgehead atoms. The van der Waals surface area contributed by atoms with Gasteiger partial charge in [-0.3, -0.25) is 0 Å². The third kappa shape index (κ3) is 3.49. The van der Waals surface area contributed by atoms with Gasteiger partial charge < -0.3 is 19.7 Å². The largest absolute Gasteiger partial charge is 0.407 e. The summed E-state index contributed by atoms with van der Waals surface area (Å²) in [6.07, 6.45) is 0.976. The lowest BCUT2D eigenvalue weighted by molar-refractivity contribution is 0.298. The molecular weight excluding hydrogens is 196 g/mol. The zero-order valence-electron chi connectivity index (χ0n) is 9.23. The number of hydrogen-bond acceptors (Lipinski definition) is 6. The third-order valence-electron chi connectivity index (χ3n) is 1.92. The summed E-state index contributed by atoms with van der Waals surface area (Å²) in [4.78, 5) is 1.88. The van der Waals surface area contributed by atoms with Crippen LogP contribution in [0.25, 0.3) is 0 Å². The molecule has 0 unspecified atom stereocenters. The van der Waals surface area contributed by atoms with E-state index in [0.29, 0.717) is 25.0 Å². The molecule has 0 spiro atoms. The molecule has 1 aromatic heterocycles. The summed E-state index contributed by atoms with van der Waals surface area (Å²) in [6.45, 7) is 4.04. The molecule has 1 aromatic rings. The van der Waals surface area contributed by atoms with Crippen LogP contribution in [0, 0.1) is 0 Å². The predicted molar refractivity (Wildman–Crippen MR) is 56.7 cm³/mol. The molecular formula is C9H18N4O2. The van der Waals surface area contributed by atoms with E-state index in [1.54, 1.807) is 0 Å². The molecule has 0 aromatic carbocycles. The van der Waals surface area contributed by atoms with E-state index < -0.39 is 0 Å². The molecule has 0 aliphatic carbocycles. The topological polar surface area (TPSA) is 74.4 Å². The zero-order chi connectivity index (χ0) is 11.1. The molecule has 15 heavy (non-hydrogen) atoms. The number of aliphatic hydroxyl groups is 1. The first-order valence-corrected chi connectivity index (χ1v) is 5.14. The van der Waals surface area contributed by atoms with Crippen LogP contribution in [0.1, 0.15) is 19.2 Å². The van der Waals surface area contributed by atoms with Gasteiger partial charge in [-0.05, 0) is 13.5 Å². The first-order valence-electron chi connectivity index (χ1n) is 5.14. The minimum Gasteiger partial charge on any atom is -0.407 e. The van der Waals surface area contributed by atoms with Crippen LogP contribution in [-0.4, -0.2) is 42.0 Å². The molecule has 86 valence electrons. The van der Waals surface area contributed by atoms with Gasteiger partial charge in [0.25, 0.3) is 0 Å². The minimum atomic E-state index is 0.0870. The summed E-state index contributed by atoms with van der Waals surface area (Å²) < 4.78 is 5.42. The first kappa shape index (κ1) is 11.9. The monoisotopic (exact) mass is 214 g/mol. The van der Waals surface area contributed by atoms with Crippen molar-refractivity contribution in [1.82, 2.24) is 15.5 Å². The van der Waals surface area contributed by atoms with E-state index in [9.17, 15) is 0 Å². The number of aromatic nitrogens is 2. The van der Waals surface area contributed by atoms with Crippen molar-refractivity contribution in [3.63, 3.8) is 0 Å². The van der Waals surface area contributed by atoms with Gasteiger partial charge in [-0.25, -0.2) is 0 Å². The lowest BCUT2D eigenvalue weighted by atomic mass is 10.4. The molecule has 1 heterocycles.